The summed E-state index contributed by atoms with van der Waals surface area (Å²) in [6.45, 7) is 2.17. The van der Waals surface area contributed by atoms with Gasteiger partial charge in [0.15, 0.2) is 11.6 Å². The summed E-state index contributed by atoms with van der Waals surface area (Å²) in [5.74, 6) is 3.56. The fourth-order valence-electron chi connectivity index (χ4n) is 3.50. The van der Waals surface area contributed by atoms with Crippen molar-refractivity contribution in [3.63, 3.8) is 0 Å². The molecule has 0 fully saturated rings. The number of unbranched alkanes of at least 4 members (excludes halogenated alkanes) is 1. The predicted octanol–water partition coefficient (Wildman–Crippen LogP) is 7.67. The zero-order valence-corrected chi connectivity index (χ0v) is 17.2. The first kappa shape index (κ1) is 20.8. The highest BCUT2D eigenvalue weighted by Crippen LogP contribution is 2.23. The number of fused-ring (bicyclic) bond motifs is 1. The Balaban J connectivity index is 1.56. The van der Waals surface area contributed by atoms with Gasteiger partial charge in [0.2, 0.25) is 0 Å². The first-order chi connectivity index (χ1) is 15.0. The Morgan fingerprint density at radius 3 is 2.06 bits per heavy atom. The van der Waals surface area contributed by atoms with E-state index in [2.05, 4.69) is 30.9 Å². The summed E-state index contributed by atoms with van der Waals surface area (Å²) in [4.78, 5) is 0. The van der Waals surface area contributed by atoms with Gasteiger partial charge in [-0.1, -0.05) is 61.6 Å². The van der Waals surface area contributed by atoms with E-state index >= 15 is 0 Å². The van der Waals surface area contributed by atoms with Gasteiger partial charge in [-0.2, -0.15) is 0 Å². The number of halogens is 3. The molecule has 31 heavy (non-hydrogen) atoms. The fourth-order valence-corrected chi connectivity index (χ4v) is 3.50. The third-order valence-corrected chi connectivity index (χ3v) is 5.30. The van der Waals surface area contributed by atoms with Crippen LogP contribution in [0.2, 0.25) is 0 Å². The molecule has 0 radical (unpaired) electrons. The van der Waals surface area contributed by atoms with E-state index in [-0.39, 0.29) is 5.56 Å². The van der Waals surface area contributed by atoms with E-state index in [1.165, 1.54) is 11.6 Å². The van der Waals surface area contributed by atoms with Crippen LogP contribution < -0.4 is 0 Å². The molecule has 0 aliphatic carbocycles. The lowest BCUT2D eigenvalue weighted by Gasteiger charge is -2.05. The van der Waals surface area contributed by atoms with E-state index in [0.29, 0.717) is 16.3 Å². The van der Waals surface area contributed by atoms with Crippen molar-refractivity contribution < 1.29 is 13.2 Å². The van der Waals surface area contributed by atoms with Crippen molar-refractivity contribution in [3.05, 3.63) is 107 Å². The molecule has 4 aromatic rings. The van der Waals surface area contributed by atoms with Gasteiger partial charge in [-0.3, -0.25) is 0 Å². The van der Waals surface area contributed by atoms with Crippen LogP contribution in [-0.4, -0.2) is 0 Å². The third kappa shape index (κ3) is 4.81. The highest BCUT2D eigenvalue weighted by Gasteiger charge is 2.06. The molecular formula is C28H21F3. The molecule has 4 aromatic carbocycles. The van der Waals surface area contributed by atoms with Crippen molar-refractivity contribution in [1.29, 1.82) is 0 Å². The molecule has 0 saturated heterocycles. The van der Waals surface area contributed by atoms with Gasteiger partial charge in [-0.05, 0) is 76.7 Å². The molecule has 0 aliphatic heterocycles. The van der Waals surface area contributed by atoms with Gasteiger partial charge in [0.05, 0.1) is 5.56 Å². The number of rotatable bonds is 4. The van der Waals surface area contributed by atoms with Gasteiger partial charge in [0.1, 0.15) is 5.82 Å². The highest BCUT2D eigenvalue weighted by molar-refractivity contribution is 5.84. The van der Waals surface area contributed by atoms with Gasteiger partial charge < -0.3 is 0 Å². The van der Waals surface area contributed by atoms with Crippen LogP contribution in [0.1, 0.15) is 36.5 Å². The molecule has 0 aliphatic rings. The molecular weight excluding hydrogens is 393 g/mol. The van der Waals surface area contributed by atoms with Gasteiger partial charge in [-0.15, -0.1) is 0 Å². The van der Waals surface area contributed by atoms with Crippen LogP contribution in [0.25, 0.3) is 21.9 Å². The molecule has 0 bridgehead atoms. The molecule has 0 unspecified atom stereocenters. The standard InChI is InChI=1S/C28H21F3/c1-2-3-4-19-5-9-21(10-6-19)23-14-13-22(26(29)16-23)11-7-20-8-12-24-17-27(30)28(31)18-25(24)15-20/h5-6,8-10,12-18H,2-4H2,1H3. The summed E-state index contributed by atoms with van der Waals surface area (Å²) < 4.78 is 41.5. The van der Waals surface area contributed by atoms with Crippen LogP contribution in [-0.2, 0) is 6.42 Å². The molecule has 4 rings (SSSR count). The topological polar surface area (TPSA) is 0 Å². The van der Waals surface area contributed by atoms with E-state index < -0.39 is 17.5 Å². The molecule has 3 heteroatoms. The summed E-state index contributed by atoms with van der Waals surface area (Å²) in [5.41, 5.74) is 3.93. The van der Waals surface area contributed by atoms with E-state index in [9.17, 15) is 13.2 Å². The average molecular weight is 414 g/mol. The first-order valence-corrected chi connectivity index (χ1v) is 10.3. The molecule has 0 nitrogen and oxygen atoms in total. The maximum absolute atomic E-state index is 14.6. The van der Waals surface area contributed by atoms with Crippen molar-refractivity contribution in [2.24, 2.45) is 0 Å². The SMILES string of the molecule is CCCCc1ccc(-c2ccc(C#Cc3ccc4cc(F)c(F)cc4c3)c(F)c2)cc1. The third-order valence-electron chi connectivity index (χ3n) is 5.30. The predicted molar refractivity (Wildman–Crippen MR) is 120 cm³/mol. The Morgan fingerprint density at radius 2 is 1.35 bits per heavy atom. The van der Waals surface area contributed by atoms with Crippen molar-refractivity contribution in [3.8, 4) is 23.0 Å². The number of benzene rings is 4. The van der Waals surface area contributed by atoms with Crippen LogP contribution in [0.4, 0.5) is 13.2 Å². The molecule has 0 N–H and O–H groups in total. The highest BCUT2D eigenvalue weighted by atomic mass is 19.2. The summed E-state index contributed by atoms with van der Waals surface area (Å²) in [6, 6.07) is 20.5. The van der Waals surface area contributed by atoms with Crippen LogP contribution in [0, 0.1) is 29.3 Å². The monoisotopic (exact) mass is 414 g/mol. The number of hydrogen-bond acceptors (Lipinski definition) is 0. The van der Waals surface area contributed by atoms with Gasteiger partial charge in [0.25, 0.3) is 0 Å². The molecule has 0 amide bonds. The molecule has 0 atom stereocenters. The second-order valence-corrected chi connectivity index (χ2v) is 7.57. The number of hydrogen-bond donors (Lipinski definition) is 0. The maximum atomic E-state index is 14.6. The van der Waals surface area contributed by atoms with Crippen LogP contribution >= 0.6 is 0 Å². The summed E-state index contributed by atoms with van der Waals surface area (Å²) in [7, 11) is 0. The lowest BCUT2D eigenvalue weighted by atomic mass is 10.0. The Bertz CT molecular complexity index is 1290. The summed E-state index contributed by atoms with van der Waals surface area (Å²) in [6.07, 6.45) is 3.37. The van der Waals surface area contributed by atoms with Gasteiger partial charge in [0, 0.05) is 5.56 Å². The van der Waals surface area contributed by atoms with Gasteiger partial charge in [-0.25, -0.2) is 13.2 Å². The van der Waals surface area contributed by atoms with E-state index in [4.69, 9.17) is 0 Å². The summed E-state index contributed by atoms with van der Waals surface area (Å²) in [5, 5.41) is 1.13. The van der Waals surface area contributed by atoms with Crippen LogP contribution in [0.15, 0.2) is 72.8 Å². The minimum Gasteiger partial charge on any atom is -0.206 e. The average Bonchev–Trinajstić information content (AvgIpc) is 2.78. The van der Waals surface area contributed by atoms with E-state index in [0.717, 1.165) is 42.5 Å². The molecule has 0 heterocycles. The van der Waals surface area contributed by atoms with E-state index in [1.807, 2.05) is 18.2 Å². The number of aryl methyl sites for hydroxylation is 1. The van der Waals surface area contributed by atoms with Crippen molar-refractivity contribution in [1.82, 2.24) is 0 Å². The van der Waals surface area contributed by atoms with Crippen LogP contribution in [0.3, 0.4) is 0 Å². The Morgan fingerprint density at radius 1 is 0.645 bits per heavy atom. The minimum atomic E-state index is -0.905. The zero-order valence-electron chi connectivity index (χ0n) is 17.2. The largest absolute Gasteiger partial charge is 0.206 e. The molecule has 0 saturated carbocycles. The van der Waals surface area contributed by atoms with Crippen LogP contribution in [0.5, 0.6) is 0 Å². The minimum absolute atomic E-state index is 0.286. The molecule has 0 aromatic heterocycles. The Kier molecular flexibility index (Phi) is 6.09. The second kappa shape index (κ2) is 9.10. The maximum Gasteiger partial charge on any atom is 0.159 e. The van der Waals surface area contributed by atoms with Gasteiger partial charge >= 0.3 is 0 Å². The van der Waals surface area contributed by atoms with Crippen molar-refractivity contribution in [2.45, 2.75) is 26.2 Å². The lowest BCUT2D eigenvalue weighted by molar-refractivity contribution is 0.511. The Hall–Kier alpha value is -3.51. The molecule has 154 valence electrons. The zero-order chi connectivity index (χ0) is 21.8. The smallest absolute Gasteiger partial charge is 0.159 e. The van der Waals surface area contributed by atoms with Crippen molar-refractivity contribution >= 4 is 10.8 Å². The molecule has 0 spiro atoms. The quantitative estimate of drug-likeness (QED) is 0.301. The van der Waals surface area contributed by atoms with E-state index in [1.54, 1.807) is 24.3 Å². The Labute approximate surface area is 180 Å². The second-order valence-electron chi connectivity index (χ2n) is 7.57. The fraction of sp³-hybridized carbons (Fsp3) is 0.143. The first-order valence-electron chi connectivity index (χ1n) is 10.3. The lowest BCUT2D eigenvalue weighted by Crippen LogP contribution is -1.88. The normalized spacial score (nSPS) is 10.7. The van der Waals surface area contributed by atoms with Crippen molar-refractivity contribution in [2.75, 3.05) is 0 Å². The summed E-state index contributed by atoms with van der Waals surface area (Å²) >= 11 is 0.